The lowest BCUT2D eigenvalue weighted by atomic mass is 10.2. The number of hydrogen-bond acceptors (Lipinski definition) is 7. The third-order valence-corrected chi connectivity index (χ3v) is 7.83. The van der Waals surface area contributed by atoms with Crippen LogP contribution in [0, 0.1) is 5.92 Å². The second kappa shape index (κ2) is 9.61. The van der Waals surface area contributed by atoms with Crippen LogP contribution in [0.1, 0.15) is 13.3 Å². The van der Waals surface area contributed by atoms with Gasteiger partial charge in [-0.15, -0.1) is 11.8 Å². The first-order valence-corrected chi connectivity index (χ1v) is 12.2. The molecule has 0 fully saturated rings. The van der Waals surface area contributed by atoms with E-state index in [0.717, 1.165) is 4.90 Å². The van der Waals surface area contributed by atoms with Gasteiger partial charge in [-0.2, -0.15) is 0 Å². The van der Waals surface area contributed by atoms with Gasteiger partial charge in [0.1, 0.15) is 11.5 Å². The fourth-order valence-electron chi connectivity index (χ4n) is 2.93. The largest absolute Gasteiger partial charge is 0.497 e. The van der Waals surface area contributed by atoms with Crippen molar-refractivity contribution in [3.8, 4) is 11.5 Å². The molecule has 8 nitrogen and oxygen atoms in total. The Bertz CT molecular complexity index is 1100. The summed E-state index contributed by atoms with van der Waals surface area (Å²) in [5.41, 5.74) is 0.900. The minimum Gasteiger partial charge on any atom is -0.497 e. The first-order chi connectivity index (χ1) is 14.7. The molecule has 2 amide bonds. The fraction of sp³-hybridized carbons (Fsp3) is 0.333. The SMILES string of the molecule is COc1ccc(NC(=O)CCS(=O)(=O)c2ccc3c(c2)NC(=O)[C@@H](C)CS3)c(OC)c1. The Labute approximate surface area is 185 Å². The van der Waals surface area contributed by atoms with Crippen molar-refractivity contribution in [3.05, 3.63) is 36.4 Å². The molecular weight excluding hydrogens is 440 g/mol. The van der Waals surface area contributed by atoms with Crippen LogP contribution in [0.2, 0.25) is 0 Å². The molecular formula is C21H24N2O6S2. The molecule has 31 heavy (non-hydrogen) atoms. The highest BCUT2D eigenvalue weighted by Gasteiger charge is 2.23. The van der Waals surface area contributed by atoms with Crippen molar-refractivity contribution in [2.75, 3.05) is 36.4 Å². The van der Waals surface area contributed by atoms with E-state index in [2.05, 4.69) is 10.6 Å². The maximum atomic E-state index is 12.8. The van der Waals surface area contributed by atoms with Crippen molar-refractivity contribution in [2.45, 2.75) is 23.1 Å². The minimum absolute atomic E-state index is 0.0662. The Morgan fingerprint density at radius 3 is 2.68 bits per heavy atom. The second-order valence-electron chi connectivity index (χ2n) is 7.04. The zero-order valence-corrected chi connectivity index (χ0v) is 19.1. The van der Waals surface area contributed by atoms with Gasteiger partial charge in [-0.3, -0.25) is 9.59 Å². The standard InChI is InChI=1S/C21H24N2O6S2/c1-13-12-30-19-7-5-15(11-17(19)23-21(13)25)31(26,27)9-8-20(24)22-16-6-4-14(28-2)10-18(16)29-3/h4-7,10-11,13H,8-9,12H2,1-3H3,(H,22,24)(H,23,25)/t13-/m0/s1. The van der Waals surface area contributed by atoms with Crippen molar-refractivity contribution in [3.63, 3.8) is 0 Å². The van der Waals surface area contributed by atoms with E-state index in [9.17, 15) is 18.0 Å². The van der Waals surface area contributed by atoms with Gasteiger partial charge in [0.25, 0.3) is 0 Å². The highest BCUT2D eigenvalue weighted by atomic mass is 32.2. The molecule has 166 valence electrons. The highest BCUT2D eigenvalue weighted by Crippen LogP contribution is 2.34. The molecule has 2 aromatic rings. The van der Waals surface area contributed by atoms with Crippen LogP contribution in [0.4, 0.5) is 11.4 Å². The number of sulfone groups is 1. The molecule has 1 heterocycles. The van der Waals surface area contributed by atoms with Crippen molar-refractivity contribution in [2.24, 2.45) is 5.92 Å². The van der Waals surface area contributed by atoms with Crippen molar-refractivity contribution in [1.82, 2.24) is 0 Å². The molecule has 0 spiro atoms. The van der Waals surface area contributed by atoms with Gasteiger partial charge in [0, 0.05) is 29.1 Å². The molecule has 2 aromatic carbocycles. The van der Waals surface area contributed by atoms with Gasteiger partial charge in [-0.05, 0) is 30.3 Å². The molecule has 0 radical (unpaired) electrons. The molecule has 1 atom stereocenters. The molecule has 0 aromatic heterocycles. The summed E-state index contributed by atoms with van der Waals surface area (Å²) in [5, 5.41) is 5.44. The number of anilines is 2. The normalized spacial score (nSPS) is 16.0. The van der Waals surface area contributed by atoms with Crippen LogP contribution < -0.4 is 20.1 Å². The van der Waals surface area contributed by atoms with E-state index in [0.29, 0.717) is 28.6 Å². The van der Waals surface area contributed by atoms with Crippen LogP contribution in [0.3, 0.4) is 0 Å². The molecule has 0 bridgehead atoms. The molecule has 3 rings (SSSR count). The number of carbonyl (C=O) groups is 2. The van der Waals surface area contributed by atoms with E-state index in [4.69, 9.17) is 9.47 Å². The highest BCUT2D eigenvalue weighted by molar-refractivity contribution is 7.99. The predicted molar refractivity (Wildman–Crippen MR) is 120 cm³/mol. The summed E-state index contributed by atoms with van der Waals surface area (Å²) in [4.78, 5) is 25.3. The number of carbonyl (C=O) groups excluding carboxylic acids is 2. The van der Waals surface area contributed by atoms with Crippen molar-refractivity contribution >= 4 is 44.8 Å². The Hall–Kier alpha value is -2.72. The number of methoxy groups -OCH3 is 2. The van der Waals surface area contributed by atoms with E-state index >= 15 is 0 Å². The number of thioether (sulfide) groups is 1. The summed E-state index contributed by atoms with van der Waals surface area (Å²) >= 11 is 1.50. The Morgan fingerprint density at radius 2 is 1.97 bits per heavy atom. The number of ether oxygens (including phenoxy) is 2. The van der Waals surface area contributed by atoms with Crippen molar-refractivity contribution in [1.29, 1.82) is 0 Å². The van der Waals surface area contributed by atoms with Gasteiger partial charge in [-0.25, -0.2) is 8.42 Å². The fourth-order valence-corrected chi connectivity index (χ4v) is 5.21. The number of nitrogens with one attached hydrogen (secondary N) is 2. The summed E-state index contributed by atoms with van der Waals surface area (Å²) in [6.45, 7) is 1.82. The van der Waals surface area contributed by atoms with Gasteiger partial charge < -0.3 is 20.1 Å². The molecule has 1 aliphatic heterocycles. The second-order valence-corrected chi connectivity index (χ2v) is 10.2. The number of amides is 2. The smallest absolute Gasteiger partial charge is 0.228 e. The molecule has 1 aliphatic rings. The molecule has 0 saturated carbocycles. The Balaban J connectivity index is 1.68. The van der Waals surface area contributed by atoms with Gasteiger partial charge in [0.05, 0.1) is 36.2 Å². The zero-order chi connectivity index (χ0) is 22.6. The van der Waals surface area contributed by atoms with Gasteiger partial charge in [-0.1, -0.05) is 6.92 Å². The van der Waals surface area contributed by atoms with Crippen molar-refractivity contribution < 1.29 is 27.5 Å². The average molecular weight is 465 g/mol. The van der Waals surface area contributed by atoms with Crippen LogP contribution in [0.15, 0.2) is 46.2 Å². The van der Waals surface area contributed by atoms with Gasteiger partial charge >= 0.3 is 0 Å². The number of hydrogen-bond donors (Lipinski definition) is 2. The molecule has 0 aliphatic carbocycles. The van der Waals surface area contributed by atoms with E-state index in [1.54, 1.807) is 24.3 Å². The Kier molecular flexibility index (Phi) is 7.11. The van der Waals surface area contributed by atoms with Gasteiger partial charge in [0.15, 0.2) is 9.84 Å². The first-order valence-electron chi connectivity index (χ1n) is 9.56. The number of benzene rings is 2. The van der Waals surface area contributed by atoms with E-state index in [1.165, 1.54) is 38.1 Å². The average Bonchev–Trinajstić information content (AvgIpc) is 2.90. The third kappa shape index (κ3) is 5.50. The lowest BCUT2D eigenvalue weighted by molar-refractivity contribution is -0.118. The topological polar surface area (TPSA) is 111 Å². The van der Waals surface area contributed by atoms with E-state index in [-0.39, 0.29) is 28.9 Å². The van der Waals surface area contributed by atoms with Crippen LogP contribution in [0.25, 0.3) is 0 Å². The predicted octanol–water partition coefficient (Wildman–Crippen LogP) is 3.19. The lowest BCUT2D eigenvalue weighted by Crippen LogP contribution is -2.20. The molecule has 10 heteroatoms. The number of rotatable bonds is 7. The maximum Gasteiger partial charge on any atom is 0.228 e. The van der Waals surface area contributed by atoms with Gasteiger partial charge in [0.2, 0.25) is 11.8 Å². The summed E-state index contributed by atoms with van der Waals surface area (Å²) in [7, 11) is -0.741. The zero-order valence-electron chi connectivity index (χ0n) is 17.4. The number of fused-ring (bicyclic) bond motifs is 1. The summed E-state index contributed by atoms with van der Waals surface area (Å²) in [6, 6.07) is 9.56. The van der Waals surface area contributed by atoms with E-state index in [1.807, 2.05) is 6.92 Å². The minimum atomic E-state index is -3.72. The lowest BCUT2D eigenvalue weighted by Gasteiger charge is -2.12. The monoisotopic (exact) mass is 464 g/mol. The molecule has 0 saturated heterocycles. The van der Waals surface area contributed by atoms with E-state index < -0.39 is 15.7 Å². The molecule has 2 N–H and O–H groups in total. The summed E-state index contributed by atoms with van der Waals surface area (Å²) < 4.78 is 35.9. The maximum absolute atomic E-state index is 12.8. The third-order valence-electron chi connectivity index (χ3n) is 4.79. The van der Waals surface area contributed by atoms with Crippen LogP contribution in [-0.2, 0) is 19.4 Å². The van der Waals surface area contributed by atoms with Crippen LogP contribution in [0.5, 0.6) is 11.5 Å². The molecule has 0 unspecified atom stereocenters. The summed E-state index contributed by atoms with van der Waals surface area (Å²) in [6.07, 6.45) is -0.229. The summed E-state index contributed by atoms with van der Waals surface area (Å²) in [5.74, 6) is 0.460. The Morgan fingerprint density at radius 1 is 1.19 bits per heavy atom. The van der Waals surface area contributed by atoms with Crippen LogP contribution >= 0.6 is 11.8 Å². The van der Waals surface area contributed by atoms with Crippen LogP contribution in [-0.4, -0.2) is 46.0 Å². The first kappa shape index (κ1) is 23.0. The quantitative estimate of drug-likeness (QED) is 0.647.